The quantitative estimate of drug-likeness (QED) is 0.878. The fourth-order valence-electron chi connectivity index (χ4n) is 1.68. The summed E-state index contributed by atoms with van der Waals surface area (Å²) in [6.07, 6.45) is 0.942. The van der Waals surface area contributed by atoms with Crippen molar-refractivity contribution in [1.29, 1.82) is 0 Å². The Labute approximate surface area is 123 Å². The zero-order valence-electron chi connectivity index (χ0n) is 12.6. The minimum absolute atomic E-state index is 0.237. The minimum atomic E-state index is -0.346. The molecule has 2 rings (SSSR count). The van der Waals surface area contributed by atoms with E-state index in [9.17, 15) is 4.79 Å². The molecule has 0 aromatic carbocycles. The molecule has 1 atom stereocenters. The van der Waals surface area contributed by atoms with E-state index in [4.69, 9.17) is 4.52 Å². The first-order valence-electron chi connectivity index (χ1n) is 6.84. The summed E-state index contributed by atoms with van der Waals surface area (Å²) in [4.78, 5) is 20.7. The summed E-state index contributed by atoms with van der Waals surface area (Å²) < 4.78 is 4.91. The van der Waals surface area contributed by atoms with Crippen molar-refractivity contribution in [2.24, 2.45) is 0 Å². The highest BCUT2D eigenvalue weighted by molar-refractivity contribution is 6.02. The minimum Gasteiger partial charge on any atom is -0.360 e. The van der Waals surface area contributed by atoms with Crippen molar-refractivity contribution in [3.05, 3.63) is 29.3 Å². The van der Waals surface area contributed by atoms with Crippen molar-refractivity contribution in [2.75, 3.05) is 10.6 Å². The summed E-state index contributed by atoms with van der Waals surface area (Å²) >= 11 is 0. The summed E-state index contributed by atoms with van der Waals surface area (Å²) in [6, 6.07) is 3.51. The molecule has 21 heavy (non-hydrogen) atoms. The maximum absolute atomic E-state index is 12.2. The molecule has 2 heterocycles. The SMILES string of the molecule is CCC(C)Nc1nc(C)cc(C(=O)Nc2cc(C)on2)n1. The van der Waals surface area contributed by atoms with Crippen LogP contribution in [0.4, 0.5) is 11.8 Å². The van der Waals surface area contributed by atoms with Gasteiger partial charge in [0.2, 0.25) is 5.95 Å². The van der Waals surface area contributed by atoms with Crippen LogP contribution in [0.1, 0.15) is 42.2 Å². The number of aromatic nitrogens is 3. The maximum atomic E-state index is 12.2. The Morgan fingerprint density at radius 1 is 1.33 bits per heavy atom. The Morgan fingerprint density at radius 3 is 2.71 bits per heavy atom. The number of rotatable bonds is 5. The molecule has 2 N–H and O–H groups in total. The Balaban J connectivity index is 2.16. The predicted molar refractivity (Wildman–Crippen MR) is 79.3 cm³/mol. The second kappa shape index (κ2) is 6.34. The lowest BCUT2D eigenvalue weighted by atomic mass is 10.2. The first-order valence-corrected chi connectivity index (χ1v) is 6.84. The molecule has 0 aliphatic carbocycles. The number of carbonyl (C=O) groups is 1. The van der Waals surface area contributed by atoms with Crippen molar-refractivity contribution in [3.63, 3.8) is 0 Å². The van der Waals surface area contributed by atoms with E-state index in [0.717, 1.165) is 12.1 Å². The molecule has 0 saturated heterocycles. The average Bonchev–Trinajstić information content (AvgIpc) is 2.83. The third-order valence-corrected chi connectivity index (χ3v) is 2.94. The molecule has 7 heteroatoms. The molecule has 0 aliphatic heterocycles. The molecular weight excluding hydrogens is 270 g/mol. The Hall–Kier alpha value is -2.44. The Bertz CT molecular complexity index is 638. The summed E-state index contributed by atoms with van der Waals surface area (Å²) in [7, 11) is 0. The lowest BCUT2D eigenvalue weighted by molar-refractivity contribution is 0.102. The van der Waals surface area contributed by atoms with Gasteiger partial charge < -0.3 is 15.2 Å². The number of nitrogens with one attached hydrogen (secondary N) is 2. The van der Waals surface area contributed by atoms with Crippen molar-refractivity contribution < 1.29 is 9.32 Å². The van der Waals surface area contributed by atoms with E-state index in [1.165, 1.54) is 0 Å². The summed E-state index contributed by atoms with van der Waals surface area (Å²) in [5.41, 5.74) is 1.01. The number of anilines is 2. The molecule has 112 valence electrons. The Kier molecular flexibility index (Phi) is 4.52. The molecular formula is C14H19N5O2. The third-order valence-electron chi connectivity index (χ3n) is 2.94. The topological polar surface area (TPSA) is 92.9 Å². The van der Waals surface area contributed by atoms with E-state index >= 15 is 0 Å². The van der Waals surface area contributed by atoms with Crippen LogP contribution in [0.25, 0.3) is 0 Å². The van der Waals surface area contributed by atoms with Gasteiger partial charge in [-0.2, -0.15) is 0 Å². The lowest BCUT2D eigenvalue weighted by Gasteiger charge is -2.12. The third kappa shape index (κ3) is 4.01. The highest BCUT2D eigenvalue weighted by Crippen LogP contribution is 2.11. The fourth-order valence-corrected chi connectivity index (χ4v) is 1.68. The molecule has 7 nitrogen and oxygen atoms in total. The van der Waals surface area contributed by atoms with Gasteiger partial charge in [-0.15, -0.1) is 0 Å². The molecule has 0 radical (unpaired) electrons. The highest BCUT2D eigenvalue weighted by atomic mass is 16.5. The normalized spacial score (nSPS) is 12.0. The van der Waals surface area contributed by atoms with Gasteiger partial charge in [0, 0.05) is 17.8 Å². The number of hydrogen-bond donors (Lipinski definition) is 2. The van der Waals surface area contributed by atoms with Gasteiger partial charge in [0.05, 0.1) is 0 Å². The van der Waals surface area contributed by atoms with Gasteiger partial charge in [-0.05, 0) is 33.3 Å². The first kappa shape index (κ1) is 15.0. The van der Waals surface area contributed by atoms with E-state index in [2.05, 4.69) is 32.7 Å². The van der Waals surface area contributed by atoms with Gasteiger partial charge >= 0.3 is 0 Å². The fraction of sp³-hybridized carbons (Fsp3) is 0.429. The molecule has 0 fully saturated rings. The van der Waals surface area contributed by atoms with Gasteiger partial charge in [-0.3, -0.25) is 4.79 Å². The number of nitrogens with zero attached hydrogens (tertiary/aromatic N) is 3. The molecule has 2 aromatic rings. The summed E-state index contributed by atoms with van der Waals surface area (Å²) in [5.74, 6) is 1.10. The van der Waals surface area contributed by atoms with Crippen molar-refractivity contribution in [3.8, 4) is 0 Å². The molecule has 1 unspecified atom stereocenters. The van der Waals surface area contributed by atoms with Crippen LogP contribution in [0, 0.1) is 13.8 Å². The van der Waals surface area contributed by atoms with Crippen LogP contribution in [0.3, 0.4) is 0 Å². The van der Waals surface area contributed by atoms with Crippen molar-refractivity contribution in [1.82, 2.24) is 15.1 Å². The van der Waals surface area contributed by atoms with Gasteiger partial charge in [0.25, 0.3) is 5.91 Å². The molecule has 2 aromatic heterocycles. The number of hydrogen-bond acceptors (Lipinski definition) is 6. The monoisotopic (exact) mass is 289 g/mol. The molecule has 1 amide bonds. The van der Waals surface area contributed by atoms with Crippen molar-refractivity contribution in [2.45, 2.75) is 40.2 Å². The van der Waals surface area contributed by atoms with Gasteiger partial charge in [0.1, 0.15) is 11.5 Å². The maximum Gasteiger partial charge on any atom is 0.275 e. The van der Waals surface area contributed by atoms with Crippen LogP contribution < -0.4 is 10.6 Å². The number of carbonyl (C=O) groups excluding carboxylic acids is 1. The standard InChI is InChI=1S/C14H19N5O2/c1-5-8(2)15-14-16-9(3)6-11(17-14)13(20)18-12-7-10(4)21-19-12/h6-8H,5H2,1-4H3,(H,15,16,17)(H,18,19,20). The van der Waals surface area contributed by atoms with Gasteiger partial charge in [-0.25, -0.2) is 9.97 Å². The van der Waals surface area contributed by atoms with E-state index in [1.807, 2.05) is 13.8 Å². The predicted octanol–water partition coefficient (Wildman–Crippen LogP) is 2.54. The van der Waals surface area contributed by atoms with E-state index in [0.29, 0.717) is 17.5 Å². The van der Waals surface area contributed by atoms with Crippen LogP contribution >= 0.6 is 0 Å². The second-order valence-electron chi connectivity index (χ2n) is 4.95. The highest BCUT2D eigenvalue weighted by Gasteiger charge is 2.13. The summed E-state index contributed by atoms with van der Waals surface area (Å²) in [6.45, 7) is 7.67. The van der Waals surface area contributed by atoms with Gasteiger partial charge in [0.15, 0.2) is 5.82 Å². The number of aryl methyl sites for hydroxylation is 2. The van der Waals surface area contributed by atoms with Crippen LogP contribution in [0.2, 0.25) is 0 Å². The first-order chi connectivity index (χ1) is 9.97. The van der Waals surface area contributed by atoms with E-state index < -0.39 is 0 Å². The largest absolute Gasteiger partial charge is 0.360 e. The molecule has 0 bridgehead atoms. The van der Waals surface area contributed by atoms with Crippen LogP contribution in [-0.4, -0.2) is 27.1 Å². The van der Waals surface area contributed by atoms with Gasteiger partial charge in [-0.1, -0.05) is 12.1 Å². The number of amides is 1. The average molecular weight is 289 g/mol. The second-order valence-corrected chi connectivity index (χ2v) is 4.95. The molecule has 0 spiro atoms. The zero-order chi connectivity index (χ0) is 15.4. The molecule has 0 saturated carbocycles. The smallest absolute Gasteiger partial charge is 0.275 e. The Morgan fingerprint density at radius 2 is 2.10 bits per heavy atom. The lowest BCUT2D eigenvalue weighted by Crippen LogP contribution is -2.19. The van der Waals surface area contributed by atoms with Crippen LogP contribution in [-0.2, 0) is 0 Å². The molecule has 0 aliphatic rings. The van der Waals surface area contributed by atoms with E-state index in [1.54, 1.807) is 19.1 Å². The summed E-state index contributed by atoms with van der Waals surface area (Å²) in [5, 5.41) is 9.52. The van der Waals surface area contributed by atoms with Crippen LogP contribution in [0.15, 0.2) is 16.7 Å². The zero-order valence-corrected chi connectivity index (χ0v) is 12.6. The van der Waals surface area contributed by atoms with E-state index in [-0.39, 0.29) is 17.6 Å². The van der Waals surface area contributed by atoms with Crippen LogP contribution in [0.5, 0.6) is 0 Å². The van der Waals surface area contributed by atoms with Crippen molar-refractivity contribution >= 4 is 17.7 Å².